The van der Waals surface area contributed by atoms with E-state index in [2.05, 4.69) is 4.90 Å². The van der Waals surface area contributed by atoms with Gasteiger partial charge in [0.15, 0.2) is 11.6 Å². The van der Waals surface area contributed by atoms with E-state index in [1.165, 1.54) is 6.07 Å². The van der Waals surface area contributed by atoms with E-state index < -0.39 is 11.6 Å². The van der Waals surface area contributed by atoms with Crippen LogP contribution in [0.2, 0.25) is 0 Å². The maximum atomic E-state index is 13.0. The third-order valence-corrected chi connectivity index (χ3v) is 2.71. The maximum absolute atomic E-state index is 13.0. The van der Waals surface area contributed by atoms with E-state index in [1.54, 1.807) is 6.07 Å². The van der Waals surface area contributed by atoms with Crippen LogP contribution in [0.4, 0.5) is 8.78 Å². The van der Waals surface area contributed by atoms with Gasteiger partial charge in [0.25, 0.3) is 0 Å². The third kappa shape index (κ3) is 7.75. The lowest BCUT2D eigenvalue weighted by atomic mass is 10.1. The molecule has 0 saturated heterocycles. The van der Waals surface area contributed by atoms with Crippen LogP contribution in [0.3, 0.4) is 0 Å². The van der Waals surface area contributed by atoms with E-state index in [9.17, 15) is 8.78 Å². The molecule has 0 aliphatic carbocycles. The van der Waals surface area contributed by atoms with Gasteiger partial charge in [0.05, 0.1) is 6.61 Å². The number of ether oxygens (including phenoxy) is 1. The zero-order chi connectivity index (χ0) is 14.3. The molecule has 1 aromatic rings. The largest absolute Gasteiger partial charge is 0.380 e. The predicted molar refractivity (Wildman–Crippen MR) is 79.3 cm³/mol. The first-order chi connectivity index (χ1) is 8.99. The average molecular weight is 309 g/mol. The van der Waals surface area contributed by atoms with Gasteiger partial charge in [-0.3, -0.25) is 0 Å². The van der Waals surface area contributed by atoms with Gasteiger partial charge in [-0.25, -0.2) is 8.78 Å². The van der Waals surface area contributed by atoms with Crippen molar-refractivity contribution >= 4 is 12.4 Å². The summed E-state index contributed by atoms with van der Waals surface area (Å²) < 4.78 is 31.2. The van der Waals surface area contributed by atoms with Crippen molar-refractivity contribution in [2.75, 3.05) is 33.9 Å². The molecule has 1 atom stereocenters. The van der Waals surface area contributed by atoms with E-state index in [4.69, 9.17) is 10.5 Å². The predicted octanol–water partition coefficient (Wildman–Crippen LogP) is 2.22. The molecule has 6 heteroatoms. The lowest BCUT2D eigenvalue weighted by Gasteiger charge is -2.13. The molecule has 0 spiro atoms. The first-order valence-electron chi connectivity index (χ1n) is 6.41. The monoisotopic (exact) mass is 308 g/mol. The SMILES string of the molecule is CN(C)CCCOC[C@H](N)Cc1ccc(F)c(F)c1.Cl. The van der Waals surface area contributed by atoms with Gasteiger partial charge in [-0.05, 0) is 51.2 Å². The van der Waals surface area contributed by atoms with Gasteiger partial charge >= 0.3 is 0 Å². The van der Waals surface area contributed by atoms with E-state index in [0.717, 1.165) is 19.0 Å². The minimum Gasteiger partial charge on any atom is -0.380 e. The molecule has 116 valence electrons. The van der Waals surface area contributed by atoms with Crippen LogP contribution in [0, 0.1) is 11.6 Å². The number of rotatable bonds is 8. The van der Waals surface area contributed by atoms with Gasteiger partial charge in [0, 0.05) is 12.6 Å². The van der Waals surface area contributed by atoms with Gasteiger partial charge in [-0.1, -0.05) is 6.07 Å². The molecule has 0 unspecified atom stereocenters. The Bertz CT molecular complexity index is 391. The van der Waals surface area contributed by atoms with Crippen LogP contribution in [0.15, 0.2) is 18.2 Å². The second-order valence-corrected chi connectivity index (χ2v) is 4.94. The smallest absolute Gasteiger partial charge is 0.159 e. The molecule has 0 aromatic heterocycles. The third-order valence-electron chi connectivity index (χ3n) is 2.71. The van der Waals surface area contributed by atoms with Crippen molar-refractivity contribution in [3.8, 4) is 0 Å². The average Bonchev–Trinajstić information content (AvgIpc) is 2.33. The molecule has 0 amide bonds. The zero-order valence-corrected chi connectivity index (χ0v) is 12.8. The van der Waals surface area contributed by atoms with E-state index in [-0.39, 0.29) is 18.4 Å². The van der Waals surface area contributed by atoms with Gasteiger partial charge < -0.3 is 15.4 Å². The van der Waals surface area contributed by atoms with Crippen LogP contribution in [0.5, 0.6) is 0 Å². The summed E-state index contributed by atoms with van der Waals surface area (Å²) >= 11 is 0. The number of nitrogens with two attached hydrogens (primary N) is 1. The molecule has 0 heterocycles. The summed E-state index contributed by atoms with van der Waals surface area (Å²) in [6.45, 7) is 2.05. The minimum atomic E-state index is -0.836. The van der Waals surface area contributed by atoms with Crippen molar-refractivity contribution in [2.45, 2.75) is 18.9 Å². The first kappa shape index (κ1) is 19.2. The number of hydrogen-bond donors (Lipinski definition) is 1. The fraction of sp³-hybridized carbons (Fsp3) is 0.571. The van der Waals surface area contributed by atoms with Crippen LogP contribution in [0.25, 0.3) is 0 Å². The topological polar surface area (TPSA) is 38.5 Å². The highest BCUT2D eigenvalue weighted by Crippen LogP contribution is 2.10. The van der Waals surface area contributed by atoms with Gasteiger partial charge in [0.2, 0.25) is 0 Å². The van der Waals surface area contributed by atoms with E-state index in [0.29, 0.717) is 25.2 Å². The Labute approximate surface area is 125 Å². The Morgan fingerprint density at radius 2 is 1.95 bits per heavy atom. The molecular formula is C14H23ClF2N2O. The normalized spacial score (nSPS) is 12.3. The summed E-state index contributed by atoms with van der Waals surface area (Å²) in [4.78, 5) is 2.09. The van der Waals surface area contributed by atoms with Gasteiger partial charge in [-0.2, -0.15) is 0 Å². The lowest BCUT2D eigenvalue weighted by molar-refractivity contribution is 0.113. The molecule has 1 rings (SSSR count). The van der Waals surface area contributed by atoms with E-state index in [1.807, 2.05) is 14.1 Å². The summed E-state index contributed by atoms with van der Waals surface area (Å²) in [7, 11) is 4.02. The molecular weight excluding hydrogens is 286 g/mol. The van der Waals surface area contributed by atoms with Crippen LogP contribution in [-0.4, -0.2) is 44.8 Å². The molecule has 0 saturated carbocycles. The first-order valence-corrected chi connectivity index (χ1v) is 6.41. The molecule has 1 aromatic carbocycles. The minimum absolute atomic E-state index is 0. The Kier molecular flexibility index (Phi) is 9.67. The van der Waals surface area contributed by atoms with Gasteiger partial charge in [0.1, 0.15) is 0 Å². The molecule has 2 N–H and O–H groups in total. The fourth-order valence-electron chi connectivity index (χ4n) is 1.75. The van der Waals surface area contributed by atoms with Crippen molar-refractivity contribution in [1.29, 1.82) is 0 Å². The highest BCUT2D eigenvalue weighted by Gasteiger charge is 2.07. The van der Waals surface area contributed by atoms with Crippen molar-refractivity contribution in [3.05, 3.63) is 35.4 Å². The number of benzene rings is 1. The number of hydrogen-bond acceptors (Lipinski definition) is 3. The zero-order valence-electron chi connectivity index (χ0n) is 11.9. The second-order valence-electron chi connectivity index (χ2n) is 4.94. The molecule has 0 aliphatic heterocycles. The standard InChI is InChI=1S/C14H22F2N2O.ClH/c1-18(2)6-3-7-19-10-12(17)8-11-4-5-13(15)14(16)9-11;/h4-5,9,12H,3,6-8,10,17H2,1-2H3;1H/t12-;/m1./s1. The van der Waals surface area contributed by atoms with Crippen molar-refractivity contribution in [3.63, 3.8) is 0 Å². The summed E-state index contributed by atoms with van der Waals surface area (Å²) in [6.07, 6.45) is 1.43. The van der Waals surface area contributed by atoms with E-state index >= 15 is 0 Å². The second kappa shape index (κ2) is 10.0. The Morgan fingerprint density at radius 1 is 1.25 bits per heavy atom. The number of nitrogens with zero attached hydrogens (tertiary/aromatic N) is 1. The summed E-state index contributed by atoms with van der Waals surface area (Å²) in [5.41, 5.74) is 6.57. The maximum Gasteiger partial charge on any atom is 0.159 e. The Hall–Kier alpha value is -0.750. The molecule has 0 radical (unpaired) electrons. The van der Waals surface area contributed by atoms with Crippen molar-refractivity contribution < 1.29 is 13.5 Å². The van der Waals surface area contributed by atoms with Crippen molar-refractivity contribution in [1.82, 2.24) is 4.90 Å². The molecule has 0 fully saturated rings. The van der Waals surface area contributed by atoms with Crippen LogP contribution >= 0.6 is 12.4 Å². The Balaban J connectivity index is 0.00000361. The number of halogens is 3. The lowest BCUT2D eigenvalue weighted by Crippen LogP contribution is -2.29. The highest BCUT2D eigenvalue weighted by atomic mass is 35.5. The molecule has 3 nitrogen and oxygen atoms in total. The highest BCUT2D eigenvalue weighted by molar-refractivity contribution is 5.85. The van der Waals surface area contributed by atoms with Crippen LogP contribution < -0.4 is 5.73 Å². The van der Waals surface area contributed by atoms with Crippen LogP contribution in [-0.2, 0) is 11.2 Å². The molecule has 20 heavy (non-hydrogen) atoms. The summed E-state index contributed by atoms with van der Waals surface area (Å²) in [5.74, 6) is -1.67. The van der Waals surface area contributed by atoms with Crippen molar-refractivity contribution in [2.24, 2.45) is 5.73 Å². The van der Waals surface area contributed by atoms with Gasteiger partial charge in [-0.15, -0.1) is 12.4 Å². The molecule has 0 aliphatic rings. The fourth-order valence-corrected chi connectivity index (χ4v) is 1.75. The Morgan fingerprint density at radius 3 is 2.55 bits per heavy atom. The summed E-state index contributed by atoms with van der Waals surface area (Å²) in [6, 6.07) is 3.64. The quantitative estimate of drug-likeness (QED) is 0.749. The molecule has 0 bridgehead atoms. The van der Waals surface area contributed by atoms with Crippen LogP contribution in [0.1, 0.15) is 12.0 Å². The summed E-state index contributed by atoms with van der Waals surface area (Å²) in [5, 5.41) is 0.